The monoisotopic (exact) mass is 551 g/mol. The van der Waals surface area contributed by atoms with Gasteiger partial charge in [0.2, 0.25) is 15.9 Å². The fourth-order valence-electron chi connectivity index (χ4n) is 5.65. The van der Waals surface area contributed by atoms with Gasteiger partial charge in [-0.1, -0.05) is 55.0 Å². The number of fused-ring (bicyclic) bond motifs is 1. The van der Waals surface area contributed by atoms with Gasteiger partial charge in [-0.15, -0.1) is 0 Å². The first-order valence-electron chi connectivity index (χ1n) is 13.5. The third-order valence-electron chi connectivity index (χ3n) is 7.95. The summed E-state index contributed by atoms with van der Waals surface area (Å²) in [5.41, 5.74) is 1.66. The van der Waals surface area contributed by atoms with Crippen molar-refractivity contribution in [2.75, 3.05) is 32.4 Å². The molecule has 1 saturated carbocycles. The van der Waals surface area contributed by atoms with Crippen LogP contribution in [-0.4, -0.2) is 67.9 Å². The van der Waals surface area contributed by atoms with E-state index in [0.29, 0.717) is 36.9 Å². The Morgan fingerprint density at radius 1 is 0.974 bits per heavy atom. The molecule has 0 bridgehead atoms. The van der Waals surface area contributed by atoms with Gasteiger partial charge in [-0.3, -0.25) is 9.59 Å². The molecule has 39 heavy (non-hydrogen) atoms. The third-order valence-corrected chi connectivity index (χ3v) is 9.25. The highest BCUT2D eigenvalue weighted by Crippen LogP contribution is 2.50. The summed E-state index contributed by atoms with van der Waals surface area (Å²) >= 11 is 0. The fraction of sp³-hybridized carbons (Fsp3) is 0.400. The van der Waals surface area contributed by atoms with Crippen molar-refractivity contribution in [3.63, 3.8) is 0 Å². The maximum atomic E-state index is 13.6. The number of piperazine rings is 1. The molecule has 7 nitrogen and oxygen atoms in total. The van der Waals surface area contributed by atoms with Gasteiger partial charge >= 0.3 is 0 Å². The highest BCUT2D eigenvalue weighted by atomic mass is 32.2. The largest absolute Gasteiger partial charge is 0.340 e. The van der Waals surface area contributed by atoms with Crippen molar-refractivity contribution in [3.05, 3.63) is 83.7 Å². The molecule has 206 valence electrons. The molecule has 2 fully saturated rings. The van der Waals surface area contributed by atoms with Gasteiger partial charge in [0, 0.05) is 31.7 Å². The summed E-state index contributed by atoms with van der Waals surface area (Å²) in [6.45, 7) is 1.08. The van der Waals surface area contributed by atoms with Crippen LogP contribution in [0.25, 0.3) is 10.8 Å². The number of sulfonamides is 1. The Kier molecular flexibility index (Phi) is 8.00. The Balaban J connectivity index is 1.26. The van der Waals surface area contributed by atoms with Gasteiger partial charge in [-0.05, 0) is 65.6 Å². The second kappa shape index (κ2) is 11.4. The summed E-state index contributed by atoms with van der Waals surface area (Å²) in [4.78, 5) is 28.7. The Hall–Kier alpha value is -3.30. The Morgan fingerprint density at radius 2 is 1.67 bits per heavy atom. The molecule has 1 N–H and O–H groups in total. The van der Waals surface area contributed by atoms with Crippen molar-refractivity contribution in [2.24, 2.45) is 5.92 Å². The normalized spacial score (nSPS) is 20.5. The number of amides is 2. The summed E-state index contributed by atoms with van der Waals surface area (Å²) in [6, 6.07) is 19.2. The lowest BCUT2D eigenvalue weighted by molar-refractivity contribution is -0.134. The Bertz CT molecular complexity index is 1450. The zero-order valence-electron chi connectivity index (χ0n) is 22.1. The predicted octanol–water partition coefficient (Wildman–Crippen LogP) is 4.16. The van der Waals surface area contributed by atoms with Gasteiger partial charge in [-0.2, -0.15) is 4.31 Å². The molecule has 2 amide bonds. The van der Waals surface area contributed by atoms with E-state index in [4.69, 9.17) is 0 Å². The maximum absolute atomic E-state index is 13.6. The molecule has 3 atom stereocenters. The molecule has 5 rings (SSSR count). The first-order valence-corrected chi connectivity index (χ1v) is 15.3. The molecule has 1 aliphatic heterocycles. The van der Waals surface area contributed by atoms with Gasteiger partial charge in [-0.25, -0.2) is 12.8 Å². The van der Waals surface area contributed by atoms with Crippen molar-refractivity contribution in [2.45, 2.75) is 37.6 Å². The van der Waals surface area contributed by atoms with E-state index in [1.54, 1.807) is 11.0 Å². The predicted molar refractivity (Wildman–Crippen MR) is 149 cm³/mol. The Labute approximate surface area is 229 Å². The number of nitrogens with one attached hydrogen (secondary N) is 1. The first-order chi connectivity index (χ1) is 18.7. The van der Waals surface area contributed by atoms with E-state index in [1.165, 1.54) is 22.7 Å². The van der Waals surface area contributed by atoms with E-state index < -0.39 is 16.1 Å². The summed E-state index contributed by atoms with van der Waals surface area (Å²) in [5, 5.41) is 4.78. The molecule has 0 aromatic heterocycles. The molecular formula is C30H34FN3O4S. The van der Waals surface area contributed by atoms with E-state index in [1.807, 2.05) is 48.5 Å². The average molecular weight is 552 g/mol. The quantitative estimate of drug-likeness (QED) is 0.433. The van der Waals surface area contributed by atoms with Crippen LogP contribution in [0.15, 0.2) is 66.7 Å². The van der Waals surface area contributed by atoms with E-state index >= 15 is 0 Å². The van der Waals surface area contributed by atoms with Crippen molar-refractivity contribution in [1.29, 1.82) is 0 Å². The fourth-order valence-corrected chi connectivity index (χ4v) is 6.47. The SMILES string of the molecule is CS(=O)(=O)N1CCN(C(=O)[C@H](CCC[C@@H]2C[C@H]2c2ccc(F)cc2)NC(=O)c2cccc3ccccc23)CC1. The minimum absolute atomic E-state index is 0.178. The van der Waals surface area contributed by atoms with Crippen molar-refractivity contribution in [3.8, 4) is 0 Å². The highest BCUT2D eigenvalue weighted by Gasteiger charge is 2.38. The van der Waals surface area contributed by atoms with E-state index in [0.717, 1.165) is 35.6 Å². The standard InChI is InChI=1S/C30H34FN3O4S/c1-39(37,38)34-18-16-33(17-19-34)30(36)28(11-5-8-23-20-27(23)22-12-14-24(31)15-13-22)32-29(35)26-10-4-7-21-6-2-3-9-25(21)26/h2-4,6-7,9-10,12-15,23,27-28H,5,8,11,16-20H2,1H3,(H,32,35)/t23-,27+,28+/m1/s1. The smallest absolute Gasteiger partial charge is 0.252 e. The number of hydrogen-bond donors (Lipinski definition) is 1. The van der Waals surface area contributed by atoms with Crippen LogP contribution in [0.5, 0.6) is 0 Å². The number of halogens is 1. The van der Waals surface area contributed by atoms with Gasteiger partial charge < -0.3 is 10.2 Å². The topological polar surface area (TPSA) is 86.8 Å². The van der Waals surface area contributed by atoms with Crippen LogP contribution >= 0.6 is 0 Å². The van der Waals surface area contributed by atoms with Crippen molar-refractivity contribution < 1.29 is 22.4 Å². The van der Waals surface area contributed by atoms with E-state index in [9.17, 15) is 22.4 Å². The molecular weight excluding hydrogens is 517 g/mol. The van der Waals surface area contributed by atoms with Crippen LogP contribution < -0.4 is 5.32 Å². The molecule has 0 radical (unpaired) electrons. The second-order valence-electron chi connectivity index (χ2n) is 10.6. The molecule has 1 heterocycles. The number of benzene rings is 3. The van der Waals surface area contributed by atoms with Crippen molar-refractivity contribution in [1.82, 2.24) is 14.5 Å². The molecule has 9 heteroatoms. The zero-order chi connectivity index (χ0) is 27.6. The lowest BCUT2D eigenvalue weighted by atomic mass is 10.0. The van der Waals surface area contributed by atoms with Crippen LogP contribution in [0, 0.1) is 11.7 Å². The number of hydrogen-bond acceptors (Lipinski definition) is 4. The number of carbonyl (C=O) groups excluding carboxylic acids is 2. The average Bonchev–Trinajstić information content (AvgIpc) is 3.71. The summed E-state index contributed by atoms with van der Waals surface area (Å²) in [6.07, 6.45) is 4.39. The van der Waals surface area contributed by atoms with Crippen LogP contribution in [0.4, 0.5) is 4.39 Å². The third kappa shape index (κ3) is 6.47. The molecule has 1 aliphatic carbocycles. The van der Waals surface area contributed by atoms with Gasteiger partial charge in [0.15, 0.2) is 0 Å². The lowest BCUT2D eigenvalue weighted by Gasteiger charge is -2.35. The number of carbonyl (C=O) groups is 2. The molecule has 3 aromatic carbocycles. The van der Waals surface area contributed by atoms with Crippen LogP contribution in [0.2, 0.25) is 0 Å². The van der Waals surface area contributed by atoms with Crippen LogP contribution in [0.1, 0.15) is 47.5 Å². The summed E-state index contributed by atoms with van der Waals surface area (Å²) in [7, 11) is -3.31. The minimum Gasteiger partial charge on any atom is -0.340 e. The molecule has 0 spiro atoms. The van der Waals surface area contributed by atoms with Gasteiger partial charge in [0.1, 0.15) is 11.9 Å². The molecule has 0 unspecified atom stereocenters. The zero-order valence-corrected chi connectivity index (χ0v) is 22.9. The van der Waals surface area contributed by atoms with E-state index in [2.05, 4.69) is 5.32 Å². The van der Waals surface area contributed by atoms with Gasteiger partial charge in [0.25, 0.3) is 5.91 Å². The number of rotatable bonds is 9. The number of nitrogens with zero attached hydrogens (tertiary/aromatic N) is 2. The minimum atomic E-state index is -3.31. The first kappa shape index (κ1) is 27.3. The second-order valence-corrected chi connectivity index (χ2v) is 12.6. The molecule has 2 aliphatic rings. The molecule has 1 saturated heterocycles. The molecule has 3 aromatic rings. The lowest BCUT2D eigenvalue weighted by Crippen LogP contribution is -2.55. The summed E-state index contributed by atoms with van der Waals surface area (Å²) in [5.74, 6) is 0.183. The van der Waals surface area contributed by atoms with Crippen LogP contribution in [0.3, 0.4) is 0 Å². The maximum Gasteiger partial charge on any atom is 0.252 e. The van der Waals surface area contributed by atoms with Crippen LogP contribution in [-0.2, 0) is 14.8 Å². The summed E-state index contributed by atoms with van der Waals surface area (Å²) < 4.78 is 38.5. The van der Waals surface area contributed by atoms with E-state index in [-0.39, 0.29) is 30.7 Å². The van der Waals surface area contributed by atoms with Gasteiger partial charge in [0.05, 0.1) is 6.26 Å². The highest BCUT2D eigenvalue weighted by molar-refractivity contribution is 7.88. The Morgan fingerprint density at radius 3 is 2.38 bits per heavy atom. The van der Waals surface area contributed by atoms with Crippen molar-refractivity contribution >= 4 is 32.6 Å².